The summed E-state index contributed by atoms with van der Waals surface area (Å²) < 4.78 is 20.0. The van der Waals surface area contributed by atoms with Crippen LogP contribution in [-0.4, -0.2) is 46.9 Å². The first-order valence-corrected chi connectivity index (χ1v) is 9.00. The Morgan fingerprint density at radius 3 is 2.85 bits per heavy atom. The van der Waals surface area contributed by atoms with Gasteiger partial charge in [-0.05, 0) is 36.5 Å². The standard InChI is InChI=1S/C19H22FN5O2/c1-24-17(26)19(23-18(24)21,15-10-22-25(11-15)8-7-20)14-3-2-4-16(9-14)27-12-13-5-6-13/h2-4,9-11,13H,5-8,12H2,1H3,(H2,21,23). The number of amides is 1. The predicted molar refractivity (Wildman–Crippen MR) is 98.0 cm³/mol. The minimum atomic E-state index is -1.34. The Bertz CT molecular complexity index is 892. The van der Waals surface area contributed by atoms with Gasteiger partial charge in [-0.3, -0.25) is 14.4 Å². The van der Waals surface area contributed by atoms with Crippen molar-refractivity contribution < 1.29 is 13.9 Å². The summed E-state index contributed by atoms with van der Waals surface area (Å²) in [5.41, 5.74) is 5.82. The van der Waals surface area contributed by atoms with Crippen molar-refractivity contribution in [3.8, 4) is 5.75 Å². The zero-order valence-electron chi connectivity index (χ0n) is 15.1. The molecule has 1 aromatic heterocycles. The lowest BCUT2D eigenvalue weighted by Gasteiger charge is -2.24. The van der Waals surface area contributed by atoms with Crippen molar-refractivity contribution in [2.45, 2.75) is 24.9 Å². The summed E-state index contributed by atoms with van der Waals surface area (Å²) in [4.78, 5) is 19.0. The van der Waals surface area contributed by atoms with Gasteiger partial charge in [-0.2, -0.15) is 5.10 Å². The third kappa shape index (κ3) is 3.05. The number of likely N-dealkylation sites (N-methyl/N-ethyl adjacent to an activating group) is 1. The van der Waals surface area contributed by atoms with Crippen molar-refractivity contribution >= 4 is 11.9 Å². The Kier molecular flexibility index (Phi) is 4.33. The molecule has 0 radical (unpaired) electrons. The van der Waals surface area contributed by atoms with Gasteiger partial charge in [-0.15, -0.1) is 0 Å². The molecule has 1 aromatic carbocycles. The van der Waals surface area contributed by atoms with Gasteiger partial charge in [-0.25, -0.2) is 9.38 Å². The van der Waals surface area contributed by atoms with Crippen molar-refractivity contribution in [1.29, 1.82) is 0 Å². The molecule has 27 heavy (non-hydrogen) atoms. The molecule has 2 aromatic rings. The Labute approximate surface area is 156 Å². The van der Waals surface area contributed by atoms with Crippen molar-refractivity contribution in [2.24, 2.45) is 16.6 Å². The number of hydrogen-bond acceptors (Lipinski definition) is 5. The molecule has 2 heterocycles. The number of guanidine groups is 1. The lowest BCUT2D eigenvalue weighted by atomic mass is 9.84. The molecule has 142 valence electrons. The molecule has 1 saturated carbocycles. The quantitative estimate of drug-likeness (QED) is 0.802. The zero-order chi connectivity index (χ0) is 19.0. The summed E-state index contributed by atoms with van der Waals surface area (Å²) in [5, 5.41) is 4.16. The molecular formula is C19H22FN5O2. The molecule has 4 rings (SSSR count). The Balaban J connectivity index is 1.76. The number of nitrogens with two attached hydrogens (primary N) is 1. The summed E-state index contributed by atoms with van der Waals surface area (Å²) in [7, 11) is 1.59. The minimum Gasteiger partial charge on any atom is -0.493 e. The highest BCUT2D eigenvalue weighted by atomic mass is 19.1. The van der Waals surface area contributed by atoms with Crippen LogP contribution in [0.2, 0.25) is 0 Å². The number of carbonyl (C=O) groups excluding carboxylic acids is 1. The Morgan fingerprint density at radius 1 is 1.37 bits per heavy atom. The van der Waals surface area contributed by atoms with E-state index in [4.69, 9.17) is 10.5 Å². The van der Waals surface area contributed by atoms with Crippen LogP contribution in [0.25, 0.3) is 0 Å². The highest BCUT2D eigenvalue weighted by molar-refractivity contribution is 6.08. The third-order valence-corrected chi connectivity index (χ3v) is 5.04. The molecule has 1 amide bonds. The van der Waals surface area contributed by atoms with E-state index >= 15 is 0 Å². The number of halogens is 1. The van der Waals surface area contributed by atoms with E-state index in [1.807, 2.05) is 24.3 Å². The van der Waals surface area contributed by atoms with Crippen LogP contribution < -0.4 is 10.5 Å². The van der Waals surface area contributed by atoms with Gasteiger partial charge in [0.15, 0.2) is 11.5 Å². The van der Waals surface area contributed by atoms with Crippen LogP contribution in [-0.2, 0) is 16.9 Å². The van der Waals surface area contributed by atoms with E-state index in [-0.39, 0.29) is 18.4 Å². The van der Waals surface area contributed by atoms with E-state index in [9.17, 15) is 9.18 Å². The van der Waals surface area contributed by atoms with Crippen LogP contribution in [0.15, 0.2) is 41.7 Å². The highest BCUT2D eigenvalue weighted by Crippen LogP contribution is 2.40. The highest BCUT2D eigenvalue weighted by Gasteiger charge is 2.50. The lowest BCUT2D eigenvalue weighted by molar-refractivity contribution is -0.129. The van der Waals surface area contributed by atoms with Crippen LogP contribution in [0.4, 0.5) is 4.39 Å². The number of nitrogens with zero attached hydrogens (tertiary/aromatic N) is 4. The van der Waals surface area contributed by atoms with Gasteiger partial charge >= 0.3 is 0 Å². The molecular weight excluding hydrogens is 349 g/mol. The molecule has 1 atom stereocenters. The number of rotatable bonds is 7. The number of ether oxygens (including phenoxy) is 1. The molecule has 7 nitrogen and oxygen atoms in total. The molecule has 0 saturated heterocycles. The van der Waals surface area contributed by atoms with Gasteiger partial charge in [0.05, 0.1) is 19.3 Å². The SMILES string of the molecule is CN1C(=O)C(c2cccc(OCC3CC3)c2)(c2cnn(CCF)c2)N=C1N. The summed E-state index contributed by atoms with van der Waals surface area (Å²) in [6.45, 7) is 0.242. The molecule has 1 fully saturated rings. The van der Waals surface area contributed by atoms with Crippen LogP contribution in [0.3, 0.4) is 0 Å². The number of hydrogen-bond donors (Lipinski definition) is 1. The van der Waals surface area contributed by atoms with Crippen LogP contribution in [0.5, 0.6) is 5.75 Å². The summed E-state index contributed by atoms with van der Waals surface area (Å²) in [5.74, 6) is 1.15. The second-order valence-electron chi connectivity index (χ2n) is 7.01. The molecule has 8 heteroatoms. The first-order valence-electron chi connectivity index (χ1n) is 9.00. The summed E-state index contributed by atoms with van der Waals surface area (Å²) in [6.07, 6.45) is 5.58. The minimum absolute atomic E-state index is 0.115. The van der Waals surface area contributed by atoms with E-state index in [0.29, 0.717) is 29.4 Å². The number of aryl methyl sites for hydroxylation is 1. The third-order valence-electron chi connectivity index (χ3n) is 5.04. The van der Waals surface area contributed by atoms with Gasteiger partial charge in [-0.1, -0.05) is 12.1 Å². The average molecular weight is 371 g/mol. The molecule has 1 aliphatic carbocycles. The monoisotopic (exact) mass is 371 g/mol. The van der Waals surface area contributed by atoms with Gasteiger partial charge < -0.3 is 10.5 Å². The van der Waals surface area contributed by atoms with E-state index in [2.05, 4.69) is 10.1 Å². The van der Waals surface area contributed by atoms with Crippen molar-refractivity contribution in [3.63, 3.8) is 0 Å². The fourth-order valence-corrected chi connectivity index (χ4v) is 3.25. The van der Waals surface area contributed by atoms with E-state index in [0.717, 1.165) is 0 Å². The van der Waals surface area contributed by atoms with Gasteiger partial charge in [0.2, 0.25) is 0 Å². The van der Waals surface area contributed by atoms with Crippen molar-refractivity contribution in [2.75, 3.05) is 20.3 Å². The fraction of sp³-hybridized carbons (Fsp3) is 0.421. The number of aromatic nitrogens is 2. The topological polar surface area (TPSA) is 85.7 Å². The Morgan fingerprint density at radius 2 is 2.19 bits per heavy atom. The molecule has 0 bridgehead atoms. The summed E-state index contributed by atoms with van der Waals surface area (Å²) >= 11 is 0. The fourth-order valence-electron chi connectivity index (χ4n) is 3.25. The maximum Gasteiger partial charge on any atom is 0.266 e. The first kappa shape index (κ1) is 17.5. The molecule has 2 N–H and O–H groups in total. The number of benzene rings is 1. The van der Waals surface area contributed by atoms with Crippen LogP contribution in [0.1, 0.15) is 24.0 Å². The second-order valence-corrected chi connectivity index (χ2v) is 7.01. The molecule has 1 unspecified atom stereocenters. The maximum atomic E-state index is 13.2. The Hall–Kier alpha value is -2.90. The normalized spacial score (nSPS) is 22.2. The number of alkyl halides is 1. The first-order chi connectivity index (χ1) is 13.0. The molecule has 2 aliphatic rings. The number of aliphatic imine (C=N–C) groups is 1. The van der Waals surface area contributed by atoms with E-state index in [1.165, 1.54) is 22.4 Å². The number of carbonyl (C=O) groups is 1. The van der Waals surface area contributed by atoms with Crippen LogP contribution >= 0.6 is 0 Å². The van der Waals surface area contributed by atoms with E-state index in [1.54, 1.807) is 19.4 Å². The maximum absolute atomic E-state index is 13.2. The van der Waals surface area contributed by atoms with Gasteiger partial charge in [0, 0.05) is 18.8 Å². The summed E-state index contributed by atoms with van der Waals surface area (Å²) in [6, 6.07) is 7.35. The smallest absolute Gasteiger partial charge is 0.266 e. The van der Waals surface area contributed by atoms with Crippen molar-refractivity contribution in [1.82, 2.24) is 14.7 Å². The largest absolute Gasteiger partial charge is 0.493 e. The molecule has 1 aliphatic heterocycles. The average Bonchev–Trinajstić information content (AvgIpc) is 3.34. The van der Waals surface area contributed by atoms with E-state index < -0.39 is 12.2 Å². The van der Waals surface area contributed by atoms with Crippen LogP contribution in [0, 0.1) is 5.92 Å². The van der Waals surface area contributed by atoms with Gasteiger partial charge in [0.1, 0.15) is 12.4 Å². The van der Waals surface area contributed by atoms with Gasteiger partial charge in [0.25, 0.3) is 5.91 Å². The predicted octanol–water partition coefficient (Wildman–Crippen LogP) is 1.67. The zero-order valence-corrected chi connectivity index (χ0v) is 15.1. The second kappa shape index (κ2) is 6.68. The van der Waals surface area contributed by atoms with Crippen molar-refractivity contribution in [3.05, 3.63) is 47.8 Å². The molecule has 0 spiro atoms. The lowest BCUT2D eigenvalue weighted by Crippen LogP contribution is -2.41.